The number of nitrogens with zero attached hydrogens (tertiary/aromatic N) is 2. The monoisotopic (exact) mass is 436 g/mol. The number of methoxy groups -OCH3 is 1. The zero-order valence-corrected chi connectivity index (χ0v) is 18.8. The van der Waals surface area contributed by atoms with E-state index in [4.69, 9.17) is 9.47 Å². The lowest BCUT2D eigenvalue weighted by Gasteiger charge is -2.26. The number of aliphatic hydroxyl groups is 1. The van der Waals surface area contributed by atoms with E-state index >= 15 is 0 Å². The molecule has 32 heavy (non-hydrogen) atoms. The summed E-state index contributed by atoms with van der Waals surface area (Å²) in [6.45, 7) is 2.94. The second-order valence-corrected chi connectivity index (χ2v) is 8.52. The summed E-state index contributed by atoms with van der Waals surface area (Å²) >= 11 is 0. The molecular weight excluding hydrogens is 408 g/mol. The number of amides is 1. The van der Waals surface area contributed by atoms with Crippen LogP contribution in [0.5, 0.6) is 11.5 Å². The lowest BCUT2D eigenvalue weighted by Crippen LogP contribution is -2.35. The number of ether oxygens (including phenoxy) is 2. The first-order chi connectivity index (χ1) is 15.3. The largest absolute Gasteiger partial charge is 0.507 e. The molecule has 1 fully saturated rings. The smallest absolute Gasteiger partial charge is 0.295 e. The molecule has 1 saturated heterocycles. The average molecular weight is 437 g/mol. The van der Waals surface area contributed by atoms with Crippen molar-refractivity contribution in [3.05, 3.63) is 64.7 Å². The highest BCUT2D eigenvalue weighted by atomic mass is 16.5. The van der Waals surface area contributed by atoms with Crippen LogP contribution in [0, 0.1) is 0 Å². The molecule has 1 N–H and O–H groups in total. The molecule has 0 aromatic heterocycles. The van der Waals surface area contributed by atoms with E-state index in [-0.39, 0.29) is 17.4 Å². The fraction of sp³-hybridized carbons (Fsp3) is 0.360. The van der Waals surface area contributed by atoms with Crippen molar-refractivity contribution in [3.63, 3.8) is 0 Å². The van der Waals surface area contributed by atoms with Gasteiger partial charge in [0.1, 0.15) is 23.4 Å². The molecular formula is C25H28N2O5. The molecule has 2 aromatic carbocycles. The summed E-state index contributed by atoms with van der Waals surface area (Å²) in [5.74, 6) is 0.0114. The minimum atomic E-state index is -0.677. The van der Waals surface area contributed by atoms with E-state index in [1.54, 1.807) is 31.4 Å². The Morgan fingerprint density at radius 2 is 1.91 bits per heavy atom. The summed E-state index contributed by atoms with van der Waals surface area (Å²) in [5.41, 5.74) is 2.32. The van der Waals surface area contributed by atoms with Crippen LogP contribution < -0.4 is 9.47 Å². The van der Waals surface area contributed by atoms with Gasteiger partial charge in [0.2, 0.25) is 0 Å². The third-order valence-corrected chi connectivity index (χ3v) is 5.93. The highest BCUT2D eigenvalue weighted by Gasteiger charge is 2.46. The van der Waals surface area contributed by atoms with Gasteiger partial charge in [-0.1, -0.05) is 12.1 Å². The van der Waals surface area contributed by atoms with Gasteiger partial charge in [0, 0.05) is 25.1 Å². The molecule has 7 heteroatoms. The van der Waals surface area contributed by atoms with Crippen molar-refractivity contribution < 1.29 is 24.2 Å². The summed E-state index contributed by atoms with van der Waals surface area (Å²) in [6.07, 6.45) is 0.800. The molecule has 2 atom stereocenters. The average Bonchev–Trinajstić information content (AvgIpc) is 3.27. The fourth-order valence-electron chi connectivity index (χ4n) is 4.28. The van der Waals surface area contributed by atoms with Crippen molar-refractivity contribution in [2.45, 2.75) is 25.5 Å². The van der Waals surface area contributed by atoms with Crippen molar-refractivity contribution in [3.8, 4) is 11.5 Å². The van der Waals surface area contributed by atoms with Gasteiger partial charge in [0.25, 0.3) is 11.7 Å². The maximum absolute atomic E-state index is 13.1. The highest BCUT2D eigenvalue weighted by molar-refractivity contribution is 6.46. The van der Waals surface area contributed by atoms with Gasteiger partial charge in [-0.3, -0.25) is 9.59 Å². The fourth-order valence-corrected chi connectivity index (χ4v) is 4.28. The SMILES string of the molecule is COc1ccc([C@@H]2C(=C(O)c3ccc4c(c3)C[C@@H](C)O4)C(=O)C(=O)N2CCN(C)C)cc1. The number of likely N-dealkylation sites (N-methyl/N-ethyl adjacent to an activating group) is 1. The van der Waals surface area contributed by atoms with Gasteiger partial charge >= 0.3 is 0 Å². The Morgan fingerprint density at radius 3 is 2.56 bits per heavy atom. The van der Waals surface area contributed by atoms with Crippen LogP contribution in [0.4, 0.5) is 0 Å². The van der Waals surface area contributed by atoms with Crippen molar-refractivity contribution in [2.75, 3.05) is 34.3 Å². The van der Waals surface area contributed by atoms with E-state index in [1.165, 1.54) is 4.90 Å². The molecule has 0 saturated carbocycles. The number of rotatable bonds is 6. The zero-order valence-electron chi connectivity index (χ0n) is 18.8. The van der Waals surface area contributed by atoms with E-state index in [1.807, 2.05) is 44.1 Å². The second kappa shape index (κ2) is 8.67. The minimum absolute atomic E-state index is 0.0679. The molecule has 0 unspecified atom stereocenters. The lowest BCUT2D eigenvalue weighted by molar-refractivity contribution is -0.140. The van der Waals surface area contributed by atoms with Crippen LogP contribution in [0.15, 0.2) is 48.0 Å². The summed E-state index contributed by atoms with van der Waals surface area (Å²) in [7, 11) is 5.40. The van der Waals surface area contributed by atoms with Gasteiger partial charge in [-0.25, -0.2) is 0 Å². The molecule has 2 heterocycles. The normalized spacial score (nSPS) is 21.7. The topological polar surface area (TPSA) is 79.3 Å². The van der Waals surface area contributed by atoms with Crippen LogP contribution in [0.1, 0.15) is 29.7 Å². The van der Waals surface area contributed by atoms with E-state index < -0.39 is 17.7 Å². The Labute approximate surface area is 187 Å². The first-order valence-corrected chi connectivity index (χ1v) is 10.7. The molecule has 2 aromatic rings. The molecule has 2 aliphatic rings. The Hall–Kier alpha value is -3.32. The number of hydrogen-bond donors (Lipinski definition) is 1. The predicted molar refractivity (Wildman–Crippen MR) is 121 cm³/mol. The van der Waals surface area contributed by atoms with Crippen LogP contribution in [-0.2, 0) is 16.0 Å². The number of carbonyl (C=O) groups excluding carboxylic acids is 2. The van der Waals surface area contributed by atoms with Crippen molar-refractivity contribution in [2.24, 2.45) is 0 Å². The Morgan fingerprint density at radius 1 is 1.19 bits per heavy atom. The predicted octanol–water partition coefficient (Wildman–Crippen LogP) is 3.00. The standard InChI is InChI=1S/C25H28N2O5/c1-15-13-18-14-17(7-10-20(18)32-15)23(28)21-22(16-5-8-19(31-4)9-6-16)27(12-11-26(2)3)25(30)24(21)29/h5-10,14-15,22,28H,11-13H2,1-4H3/t15-,22-/m1/s1. The molecule has 1 amide bonds. The van der Waals surface area contributed by atoms with Crippen LogP contribution in [0.25, 0.3) is 5.76 Å². The number of carbonyl (C=O) groups is 2. The molecule has 0 bridgehead atoms. The minimum Gasteiger partial charge on any atom is -0.507 e. The van der Waals surface area contributed by atoms with Gasteiger partial charge in [0.05, 0.1) is 18.7 Å². The third kappa shape index (κ3) is 3.96. The Balaban J connectivity index is 1.80. The lowest BCUT2D eigenvalue weighted by atomic mass is 9.94. The van der Waals surface area contributed by atoms with E-state index in [9.17, 15) is 14.7 Å². The van der Waals surface area contributed by atoms with Gasteiger partial charge in [-0.05, 0) is 62.5 Å². The summed E-state index contributed by atoms with van der Waals surface area (Å²) < 4.78 is 11.0. The molecule has 4 rings (SSSR count). The second-order valence-electron chi connectivity index (χ2n) is 8.52. The number of benzene rings is 2. The zero-order chi connectivity index (χ0) is 23.0. The molecule has 2 aliphatic heterocycles. The molecule has 7 nitrogen and oxygen atoms in total. The summed E-state index contributed by atoms with van der Waals surface area (Å²) in [5, 5.41) is 11.2. The molecule has 168 valence electrons. The number of aliphatic hydroxyl groups excluding tert-OH is 1. The first kappa shape index (κ1) is 21.9. The summed E-state index contributed by atoms with van der Waals surface area (Å²) in [6, 6.07) is 11.9. The maximum atomic E-state index is 13.1. The Bertz CT molecular complexity index is 1070. The number of ketones is 1. The van der Waals surface area contributed by atoms with Crippen LogP contribution in [0.3, 0.4) is 0 Å². The van der Waals surface area contributed by atoms with Gasteiger partial charge in [-0.2, -0.15) is 0 Å². The van der Waals surface area contributed by atoms with E-state index in [2.05, 4.69) is 0 Å². The van der Waals surface area contributed by atoms with Gasteiger partial charge < -0.3 is 24.4 Å². The Kier molecular flexibility index (Phi) is 5.93. The number of Topliss-reactive ketones (excluding diaryl/α,β-unsaturated/α-hetero) is 1. The molecule has 0 aliphatic carbocycles. The van der Waals surface area contributed by atoms with E-state index in [0.717, 1.165) is 23.3 Å². The quantitative estimate of drug-likeness (QED) is 0.426. The summed E-state index contributed by atoms with van der Waals surface area (Å²) in [4.78, 5) is 29.6. The van der Waals surface area contributed by atoms with Crippen molar-refractivity contribution in [1.29, 1.82) is 0 Å². The van der Waals surface area contributed by atoms with Crippen LogP contribution in [-0.4, -0.2) is 67.0 Å². The van der Waals surface area contributed by atoms with Crippen molar-refractivity contribution in [1.82, 2.24) is 9.80 Å². The highest BCUT2D eigenvalue weighted by Crippen LogP contribution is 2.40. The number of likely N-dealkylation sites (tertiary alicyclic amines) is 1. The number of fused-ring (bicyclic) bond motifs is 1. The van der Waals surface area contributed by atoms with E-state index in [0.29, 0.717) is 24.4 Å². The molecule has 0 spiro atoms. The third-order valence-electron chi connectivity index (χ3n) is 5.93. The van der Waals surface area contributed by atoms with Gasteiger partial charge in [0.15, 0.2) is 0 Å². The van der Waals surface area contributed by atoms with Gasteiger partial charge in [-0.15, -0.1) is 0 Å². The molecule has 0 radical (unpaired) electrons. The van der Waals surface area contributed by atoms with Crippen LogP contribution >= 0.6 is 0 Å². The maximum Gasteiger partial charge on any atom is 0.295 e. The van der Waals surface area contributed by atoms with Crippen molar-refractivity contribution >= 4 is 17.4 Å². The first-order valence-electron chi connectivity index (χ1n) is 10.7. The van der Waals surface area contributed by atoms with Crippen LogP contribution in [0.2, 0.25) is 0 Å². The number of hydrogen-bond acceptors (Lipinski definition) is 6.